The van der Waals surface area contributed by atoms with E-state index in [1.165, 1.54) is 25.1 Å². The second kappa shape index (κ2) is 5.30. The first-order valence-corrected chi connectivity index (χ1v) is 9.02. The van der Waals surface area contributed by atoms with Crippen molar-refractivity contribution in [1.29, 1.82) is 5.26 Å². The number of rotatable bonds is 3. The molecule has 124 valence electrons. The van der Waals surface area contributed by atoms with E-state index < -0.39 is 0 Å². The van der Waals surface area contributed by atoms with E-state index in [4.69, 9.17) is 9.72 Å². The van der Waals surface area contributed by atoms with Gasteiger partial charge in [0.15, 0.2) is 0 Å². The number of nitrogens with one attached hydrogen (secondary N) is 1. The van der Waals surface area contributed by atoms with E-state index in [9.17, 15) is 5.26 Å². The second-order valence-electron chi connectivity index (χ2n) is 7.55. The van der Waals surface area contributed by atoms with Crippen molar-refractivity contribution in [2.75, 3.05) is 19.7 Å². The van der Waals surface area contributed by atoms with Gasteiger partial charge in [-0.3, -0.25) is 0 Å². The lowest BCUT2D eigenvalue weighted by Gasteiger charge is -2.28. The van der Waals surface area contributed by atoms with Crippen LogP contribution in [0.1, 0.15) is 43.0 Å². The minimum atomic E-state index is 0.301. The number of nitrogens with zero attached hydrogens (tertiary/aromatic N) is 3. The van der Waals surface area contributed by atoms with E-state index in [0.29, 0.717) is 23.0 Å². The molecule has 1 N–H and O–H groups in total. The lowest BCUT2D eigenvalue weighted by Crippen LogP contribution is -2.32. The molecule has 24 heavy (non-hydrogen) atoms. The third-order valence-electron chi connectivity index (χ3n) is 6.19. The summed E-state index contributed by atoms with van der Waals surface area (Å²) in [4.78, 5) is 4.99. The predicted octanol–water partition coefficient (Wildman–Crippen LogP) is 2.55. The number of hydrogen-bond donors (Lipinski definition) is 1. The van der Waals surface area contributed by atoms with Crippen molar-refractivity contribution in [1.82, 2.24) is 14.9 Å². The Kier molecular flexibility index (Phi) is 3.19. The summed E-state index contributed by atoms with van der Waals surface area (Å²) in [5.41, 5.74) is 3.27. The first-order valence-electron chi connectivity index (χ1n) is 9.02. The monoisotopic (exact) mass is 322 g/mol. The van der Waals surface area contributed by atoms with Crippen molar-refractivity contribution in [2.24, 2.45) is 5.41 Å². The third-order valence-corrected chi connectivity index (χ3v) is 6.19. The Morgan fingerprint density at radius 3 is 2.92 bits per heavy atom. The van der Waals surface area contributed by atoms with Gasteiger partial charge in [0.05, 0.1) is 35.3 Å². The van der Waals surface area contributed by atoms with Crippen LogP contribution in [0.4, 0.5) is 0 Å². The fraction of sp³-hybridized carbons (Fsp3) is 0.579. The molecule has 5 heteroatoms. The predicted molar refractivity (Wildman–Crippen MR) is 90.7 cm³/mol. The summed E-state index contributed by atoms with van der Waals surface area (Å²) >= 11 is 0. The Balaban J connectivity index is 1.57. The Labute approximate surface area is 141 Å². The summed E-state index contributed by atoms with van der Waals surface area (Å²) in [6.45, 7) is 3.99. The molecule has 3 heterocycles. The van der Waals surface area contributed by atoms with Crippen LogP contribution in [0, 0.1) is 16.7 Å². The fourth-order valence-corrected chi connectivity index (χ4v) is 4.49. The highest BCUT2D eigenvalue weighted by molar-refractivity contribution is 5.78. The van der Waals surface area contributed by atoms with Gasteiger partial charge in [0.25, 0.3) is 0 Å². The van der Waals surface area contributed by atoms with Crippen LogP contribution in [-0.4, -0.2) is 35.4 Å². The highest BCUT2D eigenvalue weighted by Gasteiger charge is 2.56. The lowest BCUT2D eigenvalue weighted by molar-refractivity contribution is -0.0590. The molecule has 0 bridgehead atoms. The van der Waals surface area contributed by atoms with Crippen molar-refractivity contribution in [3.05, 3.63) is 29.6 Å². The molecule has 1 spiro atoms. The van der Waals surface area contributed by atoms with E-state index in [-0.39, 0.29) is 0 Å². The summed E-state index contributed by atoms with van der Waals surface area (Å²) in [6.07, 6.45) is 5.19. The second-order valence-corrected chi connectivity index (χ2v) is 7.55. The number of benzene rings is 1. The summed E-state index contributed by atoms with van der Waals surface area (Å²) in [5.74, 6) is 1.79. The van der Waals surface area contributed by atoms with Crippen LogP contribution in [0.25, 0.3) is 11.0 Å². The van der Waals surface area contributed by atoms with Crippen molar-refractivity contribution < 1.29 is 4.74 Å². The van der Waals surface area contributed by atoms with Gasteiger partial charge in [-0.25, -0.2) is 4.98 Å². The SMILES string of the molecule is N#Cc1ccc2nc(C3CC34CCNCC4)n(C[C@@H]3CCO3)c2c1. The maximum atomic E-state index is 9.24. The zero-order valence-corrected chi connectivity index (χ0v) is 13.8. The van der Waals surface area contributed by atoms with Gasteiger partial charge in [-0.15, -0.1) is 0 Å². The number of fused-ring (bicyclic) bond motifs is 1. The van der Waals surface area contributed by atoms with Crippen LogP contribution in [0.2, 0.25) is 0 Å². The minimum absolute atomic E-state index is 0.301. The van der Waals surface area contributed by atoms with Crippen molar-refractivity contribution >= 4 is 11.0 Å². The maximum Gasteiger partial charge on any atom is 0.113 e. The van der Waals surface area contributed by atoms with Crippen LogP contribution in [0.5, 0.6) is 0 Å². The van der Waals surface area contributed by atoms with Gasteiger partial charge in [-0.2, -0.15) is 5.26 Å². The number of piperidine rings is 1. The van der Waals surface area contributed by atoms with Gasteiger partial charge in [-0.05, 0) is 62.4 Å². The number of aromatic nitrogens is 2. The molecule has 1 aromatic carbocycles. The number of imidazole rings is 1. The molecule has 3 aliphatic rings. The molecule has 5 nitrogen and oxygen atoms in total. The van der Waals surface area contributed by atoms with Crippen LogP contribution in [-0.2, 0) is 11.3 Å². The fourth-order valence-electron chi connectivity index (χ4n) is 4.49. The molecule has 1 aliphatic carbocycles. The Morgan fingerprint density at radius 2 is 2.21 bits per heavy atom. The molecule has 0 amide bonds. The van der Waals surface area contributed by atoms with Crippen LogP contribution >= 0.6 is 0 Å². The average molecular weight is 322 g/mol. The Morgan fingerprint density at radius 1 is 1.38 bits per heavy atom. The molecule has 5 rings (SSSR count). The molecule has 3 fully saturated rings. The van der Waals surface area contributed by atoms with E-state index >= 15 is 0 Å². The highest BCUT2D eigenvalue weighted by Crippen LogP contribution is 2.64. The molecule has 1 aromatic heterocycles. The van der Waals surface area contributed by atoms with Crippen molar-refractivity contribution in [3.63, 3.8) is 0 Å². The Bertz CT molecular complexity index is 824. The number of hydrogen-bond acceptors (Lipinski definition) is 4. The summed E-state index contributed by atoms with van der Waals surface area (Å²) < 4.78 is 8.03. The molecular weight excluding hydrogens is 300 g/mol. The van der Waals surface area contributed by atoms with E-state index in [1.54, 1.807) is 0 Å². The molecule has 2 aliphatic heterocycles. The van der Waals surface area contributed by atoms with Gasteiger partial charge in [0, 0.05) is 12.5 Å². The van der Waals surface area contributed by atoms with Gasteiger partial charge in [0.1, 0.15) is 5.82 Å². The van der Waals surface area contributed by atoms with Crippen LogP contribution < -0.4 is 5.32 Å². The molecule has 1 unspecified atom stereocenters. The number of ether oxygens (including phenoxy) is 1. The maximum absolute atomic E-state index is 9.24. The van der Waals surface area contributed by atoms with Gasteiger partial charge in [0.2, 0.25) is 0 Å². The lowest BCUT2D eigenvalue weighted by atomic mass is 9.91. The minimum Gasteiger partial charge on any atom is -0.376 e. The first-order chi connectivity index (χ1) is 11.8. The summed E-state index contributed by atoms with van der Waals surface area (Å²) in [6, 6.07) is 8.11. The van der Waals surface area contributed by atoms with E-state index in [1.807, 2.05) is 18.2 Å². The normalized spacial score (nSPS) is 27.8. The van der Waals surface area contributed by atoms with Crippen molar-refractivity contribution in [2.45, 2.75) is 44.2 Å². The highest BCUT2D eigenvalue weighted by atomic mass is 16.5. The molecule has 0 radical (unpaired) electrons. The molecule has 2 atom stereocenters. The standard InChI is InChI=1S/C19H22N4O/c20-11-13-1-2-16-17(9-13)23(12-14-3-8-24-14)18(22-16)15-10-19(15)4-6-21-7-5-19/h1-2,9,14-15,21H,3-8,10,12H2/t14-,15?/m0/s1. The average Bonchev–Trinajstić information content (AvgIpc) is 3.13. The summed E-state index contributed by atoms with van der Waals surface area (Å²) in [7, 11) is 0. The van der Waals surface area contributed by atoms with Gasteiger partial charge >= 0.3 is 0 Å². The first kappa shape index (κ1) is 14.4. The summed E-state index contributed by atoms with van der Waals surface area (Å²) in [5, 5.41) is 12.7. The third kappa shape index (κ3) is 2.17. The molecular formula is C19H22N4O. The molecule has 1 saturated carbocycles. The van der Waals surface area contributed by atoms with Crippen LogP contribution in [0.3, 0.4) is 0 Å². The molecule has 2 aromatic rings. The van der Waals surface area contributed by atoms with Crippen LogP contribution in [0.15, 0.2) is 18.2 Å². The van der Waals surface area contributed by atoms with E-state index in [0.717, 1.165) is 43.7 Å². The smallest absolute Gasteiger partial charge is 0.113 e. The van der Waals surface area contributed by atoms with Gasteiger partial charge in [-0.1, -0.05) is 0 Å². The van der Waals surface area contributed by atoms with Crippen molar-refractivity contribution in [3.8, 4) is 6.07 Å². The zero-order valence-electron chi connectivity index (χ0n) is 13.8. The molecule has 2 saturated heterocycles. The topological polar surface area (TPSA) is 62.9 Å². The zero-order chi connectivity index (χ0) is 16.1. The quantitative estimate of drug-likeness (QED) is 0.943. The van der Waals surface area contributed by atoms with E-state index in [2.05, 4.69) is 16.0 Å². The Hall–Kier alpha value is -1.90. The van der Waals surface area contributed by atoms with Gasteiger partial charge < -0.3 is 14.6 Å². The number of nitriles is 1. The largest absolute Gasteiger partial charge is 0.376 e.